The Hall–Kier alpha value is -1.42. The van der Waals surface area contributed by atoms with Crippen LogP contribution in [-0.4, -0.2) is 12.5 Å². The maximum Gasteiger partial charge on any atom is 0.231 e. The first kappa shape index (κ1) is 13.0. The van der Waals surface area contributed by atoms with E-state index in [0.29, 0.717) is 12.2 Å². The van der Waals surface area contributed by atoms with Crippen molar-refractivity contribution < 1.29 is 9.18 Å². The Kier molecular flexibility index (Phi) is 3.66. The number of carbonyl (C=O) groups excluding carboxylic acids is 1. The molecule has 1 aromatic carbocycles. The molecule has 0 saturated heterocycles. The number of halogens is 1. The molecule has 0 unspecified atom stereocenters. The molecule has 0 heterocycles. The second-order valence-corrected chi connectivity index (χ2v) is 5.16. The number of hydrogen-bond donors (Lipinski definition) is 2. The molecule has 4 heteroatoms. The molecule has 98 valence electrons. The molecule has 1 aromatic rings. The molecule has 0 atom stereocenters. The van der Waals surface area contributed by atoms with Gasteiger partial charge in [-0.1, -0.05) is 12.8 Å². The number of aryl methyl sites for hydroxylation is 1. The number of nitrogens with two attached hydrogens (primary N) is 1. The first-order chi connectivity index (χ1) is 8.55. The van der Waals surface area contributed by atoms with E-state index in [-0.39, 0.29) is 11.7 Å². The minimum Gasteiger partial charge on any atom is -0.329 e. The molecule has 0 spiro atoms. The highest BCUT2D eigenvalue weighted by atomic mass is 19.1. The third-order valence-corrected chi connectivity index (χ3v) is 3.73. The van der Waals surface area contributed by atoms with Crippen LogP contribution in [0.4, 0.5) is 10.1 Å². The van der Waals surface area contributed by atoms with Gasteiger partial charge in [0.2, 0.25) is 5.91 Å². The molecular formula is C14H19FN2O. The van der Waals surface area contributed by atoms with Crippen molar-refractivity contribution in [1.29, 1.82) is 0 Å². The molecule has 1 aliphatic carbocycles. The number of benzene rings is 1. The largest absolute Gasteiger partial charge is 0.329 e. The van der Waals surface area contributed by atoms with E-state index in [4.69, 9.17) is 5.73 Å². The molecule has 1 fully saturated rings. The molecule has 0 aliphatic heterocycles. The molecule has 1 aliphatic rings. The highest BCUT2D eigenvalue weighted by Gasteiger charge is 2.39. The van der Waals surface area contributed by atoms with Crippen molar-refractivity contribution >= 4 is 11.6 Å². The predicted molar refractivity (Wildman–Crippen MR) is 69.7 cm³/mol. The number of nitrogens with one attached hydrogen (secondary N) is 1. The van der Waals surface area contributed by atoms with E-state index in [9.17, 15) is 9.18 Å². The quantitative estimate of drug-likeness (QED) is 0.866. The van der Waals surface area contributed by atoms with Gasteiger partial charge in [0.25, 0.3) is 0 Å². The third-order valence-electron chi connectivity index (χ3n) is 3.73. The lowest BCUT2D eigenvalue weighted by Crippen LogP contribution is -2.40. The lowest BCUT2D eigenvalue weighted by molar-refractivity contribution is -0.124. The normalized spacial score (nSPS) is 17.7. The zero-order chi connectivity index (χ0) is 13.2. The van der Waals surface area contributed by atoms with Crippen molar-refractivity contribution in [2.75, 3.05) is 11.9 Å². The van der Waals surface area contributed by atoms with E-state index in [1.807, 2.05) is 0 Å². The summed E-state index contributed by atoms with van der Waals surface area (Å²) in [7, 11) is 0. The minimum atomic E-state index is -0.458. The molecule has 0 aromatic heterocycles. The third kappa shape index (κ3) is 2.53. The number of hydrogen-bond acceptors (Lipinski definition) is 2. The predicted octanol–water partition coefficient (Wildman–Crippen LogP) is 2.59. The Bertz CT molecular complexity index is 433. The second kappa shape index (κ2) is 5.06. The highest BCUT2D eigenvalue weighted by Crippen LogP contribution is 2.38. The zero-order valence-corrected chi connectivity index (χ0v) is 10.6. The Labute approximate surface area is 107 Å². The topological polar surface area (TPSA) is 55.1 Å². The van der Waals surface area contributed by atoms with Crippen molar-refractivity contribution in [1.82, 2.24) is 0 Å². The van der Waals surface area contributed by atoms with E-state index in [0.717, 1.165) is 31.2 Å². The van der Waals surface area contributed by atoms with E-state index < -0.39 is 5.41 Å². The fraction of sp³-hybridized carbons (Fsp3) is 0.500. The summed E-state index contributed by atoms with van der Waals surface area (Å²) in [5.74, 6) is -0.411. The van der Waals surface area contributed by atoms with Gasteiger partial charge in [-0.25, -0.2) is 4.39 Å². The molecule has 2 rings (SSSR count). The van der Waals surface area contributed by atoms with Crippen LogP contribution >= 0.6 is 0 Å². The summed E-state index contributed by atoms with van der Waals surface area (Å²) < 4.78 is 13.3. The van der Waals surface area contributed by atoms with Crippen LogP contribution in [0.25, 0.3) is 0 Å². The molecule has 18 heavy (non-hydrogen) atoms. The summed E-state index contributed by atoms with van der Waals surface area (Å²) in [6, 6.07) is 4.54. The summed E-state index contributed by atoms with van der Waals surface area (Å²) in [6.45, 7) is 2.15. The van der Waals surface area contributed by atoms with Crippen LogP contribution in [0.15, 0.2) is 18.2 Å². The Morgan fingerprint density at radius 3 is 2.61 bits per heavy atom. The second-order valence-electron chi connectivity index (χ2n) is 5.16. The van der Waals surface area contributed by atoms with Gasteiger partial charge < -0.3 is 11.1 Å². The number of rotatable bonds is 3. The summed E-state index contributed by atoms with van der Waals surface area (Å²) in [5.41, 5.74) is 6.59. The Morgan fingerprint density at radius 2 is 2.06 bits per heavy atom. The smallest absolute Gasteiger partial charge is 0.231 e. The zero-order valence-electron chi connectivity index (χ0n) is 10.6. The summed E-state index contributed by atoms with van der Waals surface area (Å²) in [6.07, 6.45) is 3.72. The van der Waals surface area contributed by atoms with Crippen LogP contribution in [0.3, 0.4) is 0 Å². The fourth-order valence-electron chi connectivity index (χ4n) is 2.65. The standard InChI is InChI=1S/C14H19FN2O/c1-10-6-11(15)8-12(7-10)17-13(18)14(9-16)4-2-3-5-14/h6-8H,2-5,9,16H2,1H3,(H,17,18). The van der Waals surface area contributed by atoms with Crippen LogP contribution in [-0.2, 0) is 4.79 Å². The van der Waals surface area contributed by atoms with Gasteiger partial charge in [-0.15, -0.1) is 0 Å². The first-order valence-corrected chi connectivity index (χ1v) is 6.34. The van der Waals surface area contributed by atoms with Gasteiger partial charge in [0, 0.05) is 12.2 Å². The minimum absolute atomic E-state index is 0.0764. The van der Waals surface area contributed by atoms with E-state index in [1.54, 1.807) is 13.0 Å². The van der Waals surface area contributed by atoms with Crippen molar-refractivity contribution in [3.05, 3.63) is 29.6 Å². The van der Waals surface area contributed by atoms with Crippen LogP contribution in [0, 0.1) is 18.2 Å². The van der Waals surface area contributed by atoms with Gasteiger partial charge in [-0.05, 0) is 43.5 Å². The van der Waals surface area contributed by atoms with Crippen molar-refractivity contribution in [3.63, 3.8) is 0 Å². The lowest BCUT2D eigenvalue weighted by atomic mass is 9.85. The monoisotopic (exact) mass is 250 g/mol. The van der Waals surface area contributed by atoms with Crippen LogP contribution in [0.1, 0.15) is 31.2 Å². The fourth-order valence-corrected chi connectivity index (χ4v) is 2.65. The first-order valence-electron chi connectivity index (χ1n) is 6.34. The van der Waals surface area contributed by atoms with Gasteiger partial charge >= 0.3 is 0 Å². The molecule has 1 amide bonds. The molecule has 3 nitrogen and oxygen atoms in total. The number of amides is 1. The SMILES string of the molecule is Cc1cc(F)cc(NC(=O)C2(CN)CCCC2)c1. The maximum absolute atomic E-state index is 13.3. The van der Waals surface area contributed by atoms with Gasteiger partial charge in [-0.2, -0.15) is 0 Å². The summed E-state index contributed by atoms with van der Waals surface area (Å²) in [5, 5.41) is 2.80. The molecule has 0 bridgehead atoms. The van der Waals surface area contributed by atoms with Crippen molar-refractivity contribution in [2.45, 2.75) is 32.6 Å². The number of carbonyl (C=O) groups is 1. The summed E-state index contributed by atoms with van der Waals surface area (Å²) >= 11 is 0. The molecule has 3 N–H and O–H groups in total. The van der Waals surface area contributed by atoms with E-state index in [2.05, 4.69) is 5.32 Å². The van der Waals surface area contributed by atoms with Crippen molar-refractivity contribution in [2.24, 2.45) is 11.1 Å². The van der Waals surface area contributed by atoms with Crippen LogP contribution < -0.4 is 11.1 Å². The highest BCUT2D eigenvalue weighted by molar-refractivity contribution is 5.95. The Balaban J connectivity index is 2.15. The lowest BCUT2D eigenvalue weighted by Gasteiger charge is -2.25. The van der Waals surface area contributed by atoms with Crippen LogP contribution in [0.5, 0.6) is 0 Å². The maximum atomic E-state index is 13.3. The molecule has 0 radical (unpaired) electrons. The Morgan fingerprint density at radius 1 is 1.39 bits per heavy atom. The average molecular weight is 250 g/mol. The average Bonchev–Trinajstić information content (AvgIpc) is 2.77. The van der Waals surface area contributed by atoms with E-state index in [1.165, 1.54) is 12.1 Å². The van der Waals surface area contributed by atoms with E-state index >= 15 is 0 Å². The number of anilines is 1. The van der Waals surface area contributed by atoms with Gasteiger partial charge in [-0.3, -0.25) is 4.79 Å². The summed E-state index contributed by atoms with van der Waals surface area (Å²) in [4.78, 5) is 12.3. The molecular weight excluding hydrogens is 231 g/mol. The van der Waals surface area contributed by atoms with Gasteiger partial charge in [0.15, 0.2) is 0 Å². The van der Waals surface area contributed by atoms with Gasteiger partial charge in [0.1, 0.15) is 5.82 Å². The molecule has 1 saturated carbocycles. The van der Waals surface area contributed by atoms with Crippen molar-refractivity contribution in [3.8, 4) is 0 Å². The van der Waals surface area contributed by atoms with Crippen LogP contribution in [0.2, 0.25) is 0 Å². The van der Waals surface area contributed by atoms with Gasteiger partial charge in [0.05, 0.1) is 5.41 Å².